The van der Waals surface area contributed by atoms with Crippen LogP contribution in [0.1, 0.15) is 5.56 Å². The van der Waals surface area contributed by atoms with E-state index in [0.29, 0.717) is 21.2 Å². The summed E-state index contributed by atoms with van der Waals surface area (Å²) in [6, 6.07) is 7.75. The molecule has 3 nitrogen and oxygen atoms in total. The van der Waals surface area contributed by atoms with E-state index in [4.69, 9.17) is 23.2 Å². The first kappa shape index (κ1) is 20.3. The van der Waals surface area contributed by atoms with Crippen molar-refractivity contribution in [2.45, 2.75) is 10.9 Å². The normalized spacial score (nSPS) is 10.8. The lowest BCUT2D eigenvalue weighted by atomic mass is 10.2. The highest BCUT2D eigenvalue weighted by Gasteiger charge is 2.04. The van der Waals surface area contributed by atoms with Gasteiger partial charge < -0.3 is 0 Å². The molecular weight excluding hydrogens is 435 g/mol. The van der Waals surface area contributed by atoms with Crippen molar-refractivity contribution in [3.8, 4) is 0 Å². The highest BCUT2D eigenvalue weighted by atomic mass is 36.0. The Morgan fingerprint density at radius 1 is 1.05 bits per heavy atom. The second-order valence-electron chi connectivity index (χ2n) is 3.61. The van der Waals surface area contributed by atoms with Crippen LogP contribution in [0, 0.1) is 5.82 Å². The van der Waals surface area contributed by atoms with Gasteiger partial charge in [0.2, 0.25) is 0 Å². The maximum atomic E-state index is 12.7. The molecule has 0 N–H and O–H groups in total. The Labute approximate surface area is 155 Å². The third-order valence-corrected chi connectivity index (χ3v) is 3.23. The van der Waals surface area contributed by atoms with Gasteiger partial charge in [0, 0.05) is 11.8 Å². The Kier molecular flexibility index (Phi) is 8.80. The van der Waals surface area contributed by atoms with Crippen molar-refractivity contribution in [3.05, 3.63) is 52.0 Å². The molecule has 0 radical (unpaired) electrons. The van der Waals surface area contributed by atoms with Crippen LogP contribution in [0.3, 0.4) is 0 Å². The Hall–Kier alpha value is 0.260. The second-order valence-corrected chi connectivity index (χ2v) is 12.0. The fourth-order valence-electron chi connectivity index (χ4n) is 1.16. The fourth-order valence-corrected chi connectivity index (χ4v) is 2.50. The monoisotopic (exact) mass is 440 g/mol. The van der Waals surface area contributed by atoms with Gasteiger partial charge >= 0.3 is 5.20 Å². The number of hydrogen-bond donors (Lipinski definition) is 0. The molecule has 2 rings (SSSR count). The molecule has 22 heavy (non-hydrogen) atoms. The van der Waals surface area contributed by atoms with Crippen LogP contribution in [-0.4, -0.2) is 9.97 Å². The Morgan fingerprint density at radius 2 is 1.50 bits per heavy atom. The molecule has 1 aromatic heterocycles. The zero-order chi connectivity index (χ0) is 16.8. The summed E-state index contributed by atoms with van der Waals surface area (Å²) >= 11 is 26.8. The van der Waals surface area contributed by atoms with E-state index in [1.807, 2.05) is 0 Å². The van der Waals surface area contributed by atoms with Gasteiger partial charge in [0.05, 0.1) is 0 Å². The molecule has 0 atom stereocenters. The maximum Gasteiger partial charge on any atom is 0.339 e. The number of hydrogen-bond acceptors (Lipinski definition) is 4. The molecule has 0 spiro atoms. The molecule has 1 heterocycles. The van der Waals surface area contributed by atoms with E-state index in [0.717, 1.165) is 5.56 Å². The van der Waals surface area contributed by atoms with Crippen LogP contribution in [0.15, 0.2) is 35.5 Å². The van der Waals surface area contributed by atoms with E-state index in [1.54, 1.807) is 12.1 Å². The molecule has 0 aliphatic rings. The van der Waals surface area contributed by atoms with Gasteiger partial charge in [-0.15, -0.1) is 0 Å². The number of rotatable bonds is 3. The van der Waals surface area contributed by atoms with Gasteiger partial charge in [-0.25, -0.2) is 14.4 Å². The molecule has 0 saturated heterocycles. The van der Waals surface area contributed by atoms with Crippen molar-refractivity contribution in [3.63, 3.8) is 0 Å². The molecule has 0 unspecified atom stereocenters. The van der Waals surface area contributed by atoms with Gasteiger partial charge in [0.1, 0.15) is 16.1 Å². The van der Waals surface area contributed by atoms with E-state index < -0.39 is 5.20 Å². The number of aromatic nitrogens is 2. The van der Waals surface area contributed by atoms with Gasteiger partial charge in [-0.05, 0) is 51.4 Å². The minimum absolute atomic E-state index is 0.249. The van der Waals surface area contributed by atoms with E-state index in [9.17, 15) is 8.96 Å². The van der Waals surface area contributed by atoms with Crippen LogP contribution < -0.4 is 0 Å². The van der Waals surface area contributed by atoms with Crippen LogP contribution >= 0.6 is 73.9 Å². The quantitative estimate of drug-likeness (QED) is 0.222. The molecule has 120 valence electrons. The maximum absolute atomic E-state index is 12.7. The lowest BCUT2D eigenvalue weighted by Crippen LogP contribution is -1.89. The van der Waals surface area contributed by atoms with Crippen LogP contribution in [0.4, 0.5) is 4.39 Å². The SMILES string of the molecule is Fc1ccc(CSc2nc(Cl)cc(Cl)n2)cc1.O=P(Cl)(Cl)Cl. The fraction of sp³-hybridized carbons (Fsp3) is 0.0909. The van der Waals surface area contributed by atoms with Crippen molar-refractivity contribution in [2.24, 2.45) is 0 Å². The first-order valence-corrected chi connectivity index (χ1v) is 11.6. The minimum atomic E-state index is -3.22. The summed E-state index contributed by atoms with van der Waals surface area (Å²) in [5, 5.41) is -2.09. The average Bonchev–Trinajstić information content (AvgIpc) is 2.35. The Morgan fingerprint density at radius 3 is 1.95 bits per heavy atom. The first-order chi connectivity index (χ1) is 10.1. The largest absolute Gasteiger partial charge is 0.339 e. The summed E-state index contributed by atoms with van der Waals surface area (Å²) in [5.41, 5.74) is 0.982. The molecule has 0 bridgehead atoms. The number of halogens is 6. The lowest BCUT2D eigenvalue weighted by Gasteiger charge is -2.01. The van der Waals surface area contributed by atoms with Crippen LogP contribution in [0.5, 0.6) is 0 Å². The molecule has 0 amide bonds. The minimum Gasteiger partial charge on any atom is -0.271 e. The summed E-state index contributed by atoms with van der Waals surface area (Å²) in [4.78, 5) is 8.05. The van der Waals surface area contributed by atoms with Crippen molar-refractivity contribution < 1.29 is 8.96 Å². The molecular formula is C11H7Cl5FN2OPS. The van der Waals surface area contributed by atoms with Crippen molar-refractivity contribution >= 4 is 73.9 Å². The van der Waals surface area contributed by atoms with Crippen LogP contribution in [0.25, 0.3) is 0 Å². The Balaban J connectivity index is 0.000000422. The van der Waals surface area contributed by atoms with Gasteiger partial charge in [0.15, 0.2) is 5.16 Å². The zero-order valence-electron chi connectivity index (χ0n) is 10.5. The number of benzene rings is 1. The first-order valence-electron chi connectivity index (χ1n) is 5.40. The van der Waals surface area contributed by atoms with E-state index in [1.165, 1.54) is 30.0 Å². The van der Waals surface area contributed by atoms with E-state index in [-0.39, 0.29) is 5.82 Å². The van der Waals surface area contributed by atoms with Gasteiger partial charge in [-0.2, -0.15) is 0 Å². The molecule has 0 saturated carbocycles. The lowest BCUT2D eigenvalue weighted by molar-refractivity contribution is 0.600. The molecule has 1 aromatic carbocycles. The molecule has 0 fully saturated rings. The zero-order valence-corrected chi connectivity index (χ0v) is 16.0. The van der Waals surface area contributed by atoms with Gasteiger partial charge in [0.25, 0.3) is 0 Å². The van der Waals surface area contributed by atoms with Crippen molar-refractivity contribution in [2.75, 3.05) is 0 Å². The molecule has 0 aliphatic heterocycles. The second kappa shape index (κ2) is 9.53. The van der Waals surface area contributed by atoms with Crippen LogP contribution in [0.2, 0.25) is 10.3 Å². The molecule has 2 aromatic rings. The van der Waals surface area contributed by atoms with Crippen molar-refractivity contribution in [1.29, 1.82) is 0 Å². The highest BCUT2D eigenvalue weighted by molar-refractivity contribution is 8.24. The predicted molar refractivity (Wildman–Crippen MR) is 93.2 cm³/mol. The molecule has 11 heteroatoms. The third kappa shape index (κ3) is 10.1. The number of nitrogens with zero attached hydrogens (tertiary/aromatic N) is 2. The summed E-state index contributed by atoms with van der Waals surface area (Å²) in [6.07, 6.45) is 0. The summed E-state index contributed by atoms with van der Waals surface area (Å²) in [5.74, 6) is 0.387. The van der Waals surface area contributed by atoms with Gasteiger partial charge in [-0.1, -0.05) is 47.1 Å². The number of thioether (sulfide) groups is 1. The highest BCUT2D eigenvalue weighted by Crippen LogP contribution is 2.61. The summed E-state index contributed by atoms with van der Waals surface area (Å²) in [6.45, 7) is 0. The smallest absolute Gasteiger partial charge is 0.271 e. The van der Waals surface area contributed by atoms with E-state index in [2.05, 4.69) is 43.7 Å². The third-order valence-electron chi connectivity index (χ3n) is 1.92. The van der Waals surface area contributed by atoms with Crippen LogP contribution in [-0.2, 0) is 10.3 Å². The summed E-state index contributed by atoms with van der Waals surface area (Å²) in [7, 11) is 0. The predicted octanol–water partition coefficient (Wildman–Crippen LogP) is 7.03. The topological polar surface area (TPSA) is 42.9 Å². The average molecular weight is 442 g/mol. The standard InChI is InChI=1S/C11H7Cl2FN2S.Cl3OP/c12-9-5-10(13)16-11(15-9)17-6-7-1-3-8(14)4-2-7;1-5(2,3)4/h1-5H,6H2;. The Bertz CT molecular complexity index is 642. The summed E-state index contributed by atoms with van der Waals surface area (Å²) < 4.78 is 22.2. The van der Waals surface area contributed by atoms with Gasteiger partial charge in [-0.3, -0.25) is 4.57 Å². The van der Waals surface area contributed by atoms with E-state index >= 15 is 0 Å². The molecule has 0 aliphatic carbocycles. The van der Waals surface area contributed by atoms with Crippen molar-refractivity contribution in [1.82, 2.24) is 9.97 Å².